The maximum absolute atomic E-state index is 12.6. The van der Waals surface area contributed by atoms with Gasteiger partial charge < -0.3 is 14.5 Å². The molecule has 0 amide bonds. The molecule has 25 heavy (non-hydrogen) atoms. The second-order valence-electron chi connectivity index (χ2n) is 8.86. The minimum absolute atomic E-state index is 0.137. The summed E-state index contributed by atoms with van der Waals surface area (Å²) in [6, 6.07) is 7.82. The zero-order valence-corrected chi connectivity index (χ0v) is 17.7. The van der Waals surface area contributed by atoms with E-state index in [0.717, 1.165) is 5.69 Å². The third-order valence-corrected chi connectivity index (χ3v) is 9.92. The number of rotatable bonds is 4. The van der Waals surface area contributed by atoms with Gasteiger partial charge in [-0.3, -0.25) is 0 Å². The van der Waals surface area contributed by atoms with Gasteiger partial charge in [0.2, 0.25) is 0 Å². The average molecular weight is 364 g/mol. The molecule has 4 nitrogen and oxygen atoms in total. The molecular formula is C20H33NO3Si. The van der Waals surface area contributed by atoms with E-state index in [1.165, 1.54) is 5.56 Å². The fourth-order valence-electron chi connectivity index (χ4n) is 2.64. The third kappa shape index (κ3) is 4.85. The molecule has 140 valence electrons. The lowest BCUT2D eigenvalue weighted by Crippen LogP contribution is -2.46. The van der Waals surface area contributed by atoms with Crippen LogP contribution in [0, 0.1) is 5.92 Å². The molecule has 1 unspecified atom stereocenters. The van der Waals surface area contributed by atoms with Crippen molar-refractivity contribution in [1.82, 2.24) is 0 Å². The summed E-state index contributed by atoms with van der Waals surface area (Å²) >= 11 is 0. The number of carbonyl (C=O) groups excluding carboxylic acids is 1. The first-order chi connectivity index (χ1) is 11.5. The summed E-state index contributed by atoms with van der Waals surface area (Å²) in [5.74, 6) is -0.0334. The molecule has 0 fully saturated rings. The number of fused-ring (bicyclic) bond motifs is 1. The highest BCUT2D eigenvalue weighted by Crippen LogP contribution is 2.37. The quantitative estimate of drug-likeness (QED) is 0.627. The highest BCUT2D eigenvalue weighted by atomic mass is 28.4. The Bertz CT molecular complexity index is 607. The Morgan fingerprint density at radius 2 is 1.92 bits per heavy atom. The number of cyclic esters (lactones) is 1. The lowest BCUT2D eigenvalue weighted by Gasteiger charge is -2.38. The van der Waals surface area contributed by atoms with E-state index < -0.39 is 8.32 Å². The van der Waals surface area contributed by atoms with E-state index in [4.69, 9.17) is 9.16 Å². The Morgan fingerprint density at radius 1 is 1.28 bits per heavy atom. The molecule has 5 heteroatoms. The Morgan fingerprint density at radius 3 is 2.52 bits per heavy atom. The molecule has 0 spiro atoms. The van der Waals surface area contributed by atoms with Crippen molar-refractivity contribution in [2.24, 2.45) is 5.92 Å². The Hall–Kier alpha value is -1.33. The van der Waals surface area contributed by atoms with Gasteiger partial charge in [-0.15, -0.1) is 0 Å². The second kappa shape index (κ2) is 7.50. The summed E-state index contributed by atoms with van der Waals surface area (Å²) in [7, 11) is -1.88. The van der Waals surface area contributed by atoms with Crippen molar-refractivity contribution in [3.05, 3.63) is 29.8 Å². The van der Waals surface area contributed by atoms with Crippen molar-refractivity contribution in [2.75, 3.05) is 11.9 Å². The third-order valence-electron chi connectivity index (χ3n) is 5.42. The Kier molecular flexibility index (Phi) is 6.00. The highest BCUT2D eigenvalue weighted by molar-refractivity contribution is 6.74. The molecule has 0 radical (unpaired) electrons. The van der Waals surface area contributed by atoms with E-state index in [1.54, 1.807) is 0 Å². The van der Waals surface area contributed by atoms with Crippen LogP contribution in [0.5, 0.6) is 0 Å². The van der Waals surface area contributed by atoms with Gasteiger partial charge in [-0.2, -0.15) is 0 Å². The van der Waals surface area contributed by atoms with E-state index in [1.807, 2.05) is 32.0 Å². The summed E-state index contributed by atoms with van der Waals surface area (Å²) in [6.45, 7) is 15.6. The summed E-state index contributed by atoms with van der Waals surface area (Å²) < 4.78 is 12.2. The number of hydrogen-bond acceptors (Lipinski definition) is 4. The van der Waals surface area contributed by atoms with Crippen LogP contribution in [-0.4, -0.2) is 33.0 Å². The maximum Gasteiger partial charge on any atom is 0.329 e. The molecule has 0 bridgehead atoms. The SMILES string of the molecule is CC(C)[C@@H]1Nc2ccccc2CC(CO[Si](C)(C)C(C)(C)C)OC1=O. The highest BCUT2D eigenvalue weighted by Gasteiger charge is 2.38. The molecule has 1 aliphatic heterocycles. The van der Waals surface area contributed by atoms with E-state index in [2.05, 4.69) is 45.2 Å². The first-order valence-electron chi connectivity index (χ1n) is 9.20. The van der Waals surface area contributed by atoms with E-state index in [9.17, 15) is 4.79 Å². The zero-order valence-electron chi connectivity index (χ0n) is 16.7. The van der Waals surface area contributed by atoms with Crippen LogP contribution in [0.3, 0.4) is 0 Å². The molecular weight excluding hydrogens is 330 g/mol. The standard InChI is InChI=1S/C20H33NO3Si/c1-14(2)18-19(22)24-16(13-23-25(6,7)20(3,4)5)12-15-10-8-9-11-17(15)21-18/h8-11,14,16,18,21H,12-13H2,1-7H3/t16?,18-/m0/s1. The fraction of sp³-hybridized carbons (Fsp3) is 0.650. The summed E-state index contributed by atoms with van der Waals surface area (Å²) in [5, 5.41) is 3.50. The molecule has 0 aliphatic carbocycles. The maximum atomic E-state index is 12.6. The monoisotopic (exact) mass is 363 g/mol. The van der Waals surface area contributed by atoms with Crippen LogP contribution in [0.4, 0.5) is 5.69 Å². The van der Waals surface area contributed by atoms with Gasteiger partial charge in [-0.05, 0) is 35.7 Å². The van der Waals surface area contributed by atoms with Crippen LogP contribution in [0.1, 0.15) is 40.2 Å². The van der Waals surface area contributed by atoms with Gasteiger partial charge in [-0.25, -0.2) is 4.79 Å². The molecule has 1 aromatic rings. The smallest absolute Gasteiger partial charge is 0.329 e. The predicted molar refractivity (Wildman–Crippen MR) is 105 cm³/mol. The van der Waals surface area contributed by atoms with Crippen LogP contribution in [0.2, 0.25) is 18.1 Å². The Labute approximate surface area is 153 Å². The Balaban J connectivity index is 2.21. The molecule has 1 heterocycles. The number of para-hydroxylation sites is 1. The molecule has 0 saturated heterocycles. The van der Waals surface area contributed by atoms with Crippen molar-refractivity contribution >= 4 is 20.0 Å². The van der Waals surface area contributed by atoms with Gasteiger partial charge in [-0.1, -0.05) is 52.8 Å². The number of carbonyl (C=O) groups is 1. The second-order valence-corrected chi connectivity index (χ2v) is 13.7. The van der Waals surface area contributed by atoms with Crippen LogP contribution < -0.4 is 5.32 Å². The lowest BCUT2D eigenvalue weighted by molar-refractivity contribution is -0.152. The predicted octanol–water partition coefficient (Wildman–Crippen LogP) is 4.61. The van der Waals surface area contributed by atoms with Crippen molar-refractivity contribution in [2.45, 2.75) is 71.3 Å². The number of nitrogens with one attached hydrogen (secondary N) is 1. The molecule has 2 atom stereocenters. The lowest BCUT2D eigenvalue weighted by atomic mass is 9.99. The van der Waals surface area contributed by atoms with Crippen LogP contribution >= 0.6 is 0 Å². The molecule has 2 rings (SSSR count). The van der Waals surface area contributed by atoms with Crippen molar-refractivity contribution in [3.63, 3.8) is 0 Å². The van der Waals surface area contributed by atoms with E-state index in [0.29, 0.717) is 13.0 Å². The van der Waals surface area contributed by atoms with Crippen molar-refractivity contribution < 1.29 is 14.0 Å². The van der Waals surface area contributed by atoms with E-state index >= 15 is 0 Å². The molecule has 1 aliphatic rings. The summed E-state index contributed by atoms with van der Waals surface area (Å²) in [6.07, 6.45) is 0.431. The van der Waals surface area contributed by atoms with Gasteiger partial charge in [0.1, 0.15) is 12.1 Å². The largest absolute Gasteiger partial charge is 0.458 e. The number of benzene rings is 1. The number of hydrogen-bond donors (Lipinski definition) is 1. The van der Waals surface area contributed by atoms with Crippen LogP contribution in [0.15, 0.2) is 24.3 Å². The van der Waals surface area contributed by atoms with Gasteiger partial charge in [0.25, 0.3) is 0 Å². The minimum Gasteiger partial charge on any atom is -0.458 e. The minimum atomic E-state index is -1.88. The number of ether oxygens (including phenoxy) is 1. The summed E-state index contributed by atoms with van der Waals surface area (Å²) in [5.41, 5.74) is 2.19. The van der Waals surface area contributed by atoms with Crippen molar-refractivity contribution in [1.29, 1.82) is 0 Å². The number of anilines is 1. The van der Waals surface area contributed by atoms with Crippen LogP contribution in [-0.2, 0) is 20.4 Å². The first kappa shape index (κ1) is 20.0. The number of esters is 1. The van der Waals surface area contributed by atoms with Crippen molar-refractivity contribution in [3.8, 4) is 0 Å². The van der Waals surface area contributed by atoms with E-state index in [-0.39, 0.29) is 29.1 Å². The van der Waals surface area contributed by atoms with Gasteiger partial charge >= 0.3 is 5.97 Å². The zero-order chi connectivity index (χ0) is 18.8. The first-order valence-corrected chi connectivity index (χ1v) is 12.1. The fourth-order valence-corrected chi connectivity index (χ4v) is 3.68. The average Bonchev–Trinajstić information content (AvgIpc) is 2.48. The van der Waals surface area contributed by atoms with Crippen LogP contribution in [0.25, 0.3) is 0 Å². The molecule has 0 saturated carbocycles. The molecule has 0 aromatic heterocycles. The van der Waals surface area contributed by atoms with Gasteiger partial charge in [0, 0.05) is 12.1 Å². The summed E-state index contributed by atoms with van der Waals surface area (Å²) in [4.78, 5) is 12.6. The molecule has 1 aromatic carbocycles. The normalized spacial score (nSPS) is 21.8. The molecule has 1 N–H and O–H groups in total. The van der Waals surface area contributed by atoms with Gasteiger partial charge in [0.05, 0.1) is 6.61 Å². The topological polar surface area (TPSA) is 47.6 Å². The van der Waals surface area contributed by atoms with Gasteiger partial charge in [0.15, 0.2) is 8.32 Å².